The van der Waals surface area contributed by atoms with Gasteiger partial charge in [-0.1, -0.05) is 0 Å². The fourth-order valence-corrected chi connectivity index (χ4v) is 1.54. The lowest BCUT2D eigenvalue weighted by Gasteiger charge is -2.16. The standard InChI is InChI=1S/C11H9FIN3/c1-16(10-4-2-8(12)3-5-10)11-14-6-9(13)7-15-11/h2-7H,1H3. The molecule has 1 heterocycles. The molecule has 2 rings (SSSR count). The SMILES string of the molecule is CN(c1ccc(F)cc1)c1ncc(I)cn1. The van der Waals surface area contributed by atoms with E-state index in [4.69, 9.17) is 0 Å². The fraction of sp³-hybridized carbons (Fsp3) is 0.0909. The molecule has 82 valence electrons. The van der Waals surface area contributed by atoms with Crippen LogP contribution in [0.25, 0.3) is 0 Å². The van der Waals surface area contributed by atoms with E-state index in [0.29, 0.717) is 5.95 Å². The van der Waals surface area contributed by atoms with Crippen molar-refractivity contribution < 1.29 is 4.39 Å². The first kappa shape index (κ1) is 11.3. The van der Waals surface area contributed by atoms with Crippen LogP contribution in [0.15, 0.2) is 36.7 Å². The first-order valence-corrected chi connectivity index (χ1v) is 5.71. The molecule has 0 spiro atoms. The Morgan fingerprint density at radius 1 is 1.12 bits per heavy atom. The van der Waals surface area contributed by atoms with Gasteiger partial charge < -0.3 is 4.90 Å². The van der Waals surface area contributed by atoms with Crippen LogP contribution < -0.4 is 4.90 Å². The van der Waals surface area contributed by atoms with Crippen molar-refractivity contribution in [2.45, 2.75) is 0 Å². The van der Waals surface area contributed by atoms with Crippen LogP contribution in [0.4, 0.5) is 16.0 Å². The quantitative estimate of drug-likeness (QED) is 0.793. The molecule has 1 aromatic carbocycles. The van der Waals surface area contributed by atoms with Gasteiger partial charge in [-0.25, -0.2) is 14.4 Å². The summed E-state index contributed by atoms with van der Waals surface area (Å²) in [7, 11) is 1.84. The van der Waals surface area contributed by atoms with Crippen LogP contribution in [0.1, 0.15) is 0 Å². The van der Waals surface area contributed by atoms with Crippen LogP contribution in [0.5, 0.6) is 0 Å². The monoisotopic (exact) mass is 329 g/mol. The second-order valence-corrected chi connectivity index (χ2v) is 4.48. The predicted molar refractivity (Wildman–Crippen MR) is 69.2 cm³/mol. The van der Waals surface area contributed by atoms with Gasteiger partial charge in [0, 0.05) is 28.7 Å². The lowest BCUT2D eigenvalue weighted by molar-refractivity contribution is 0.628. The molecule has 16 heavy (non-hydrogen) atoms. The molecule has 5 heteroatoms. The fourth-order valence-electron chi connectivity index (χ4n) is 1.26. The van der Waals surface area contributed by atoms with Crippen molar-refractivity contribution in [2.75, 3.05) is 11.9 Å². The molecule has 0 unspecified atom stereocenters. The van der Waals surface area contributed by atoms with Crippen LogP contribution in [-0.2, 0) is 0 Å². The molecule has 0 N–H and O–H groups in total. The van der Waals surface area contributed by atoms with Crippen LogP contribution >= 0.6 is 22.6 Å². The van der Waals surface area contributed by atoms with Gasteiger partial charge in [0.25, 0.3) is 0 Å². The van der Waals surface area contributed by atoms with Gasteiger partial charge in [-0.3, -0.25) is 0 Å². The van der Waals surface area contributed by atoms with Gasteiger partial charge in [-0.05, 0) is 46.9 Å². The molecule has 0 radical (unpaired) electrons. The molecule has 3 nitrogen and oxygen atoms in total. The lowest BCUT2D eigenvalue weighted by Crippen LogP contribution is -2.12. The van der Waals surface area contributed by atoms with Gasteiger partial charge >= 0.3 is 0 Å². The molecule has 0 atom stereocenters. The zero-order valence-corrected chi connectivity index (χ0v) is 10.7. The summed E-state index contributed by atoms with van der Waals surface area (Å²) in [6.07, 6.45) is 3.48. The molecule has 0 saturated carbocycles. The third-order valence-electron chi connectivity index (χ3n) is 2.12. The van der Waals surface area contributed by atoms with Crippen LogP contribution in [0, 0.1) is 9.39 Å². The van der Waals surface area contributed by atoms with Gasteiger partial charge in [0.1, 0.15) is 5.82 Å². The van der Waals surface area contributed by atoms with Crippen molar-refractivity contribution >= 4 is 34.2 Å². The Bertz CT molecular complexity index is 424. The van der Waals surface area contributed by atoms with E-state index in [-0.39, 0.29) is 5.82 Å². The largest absolute Gasteiger partial charge is 0.314 e. The molecule has 0 aliphatic heterocycles. The molecule has 1 aromatic heterocycles. The average Bonchev–Trinajstić information content (AvgIpc) is 2.30. The summed E-state index contributed by atoms with van der Waals surface area (Å²) < 4.78 is 13.7. The van der Waals surface area contributed by atoms with Gasteiger partial charge in [-0.2, -0.15) is 0 Å². The second-order valence-electron chi connectivity index (χ2n) is 3.24. The summed E-state index contributed by atoms with van der Waals surface area (Å²) >= 11 is 2.15. The Hall–Kier alpha value is -1.24. The molecule has 2 aromatic rings. The zero-order chi connectivity index (χ0) is 11.5. The summed E-state index contributed by atoms with van der Waals surface area (Å²) in [6, 6.07) is 6.21. The topological polar surface area (TPSA) is 29.0 Å². The molecule has 0 aliphatic carbocycles. The summed E-state index contributed by atoms with van der Waals surface area (Å²) in [4.78, 5) is 10.2. The van der Waals surface area contributed by atoms with E-state index in [1.54, 1.807) is 29.4 Å². The first-order chi connectivity index (χ1) is 7.66. The minimum absolute atomic E-state index is 0.249. The van der Waals surface area contributed by atoms with Gasteiger partial charge in [0.15, 0.2) is 0 Å². The van der Waals surface area contributed by atoms with Crippen LogP contribution in [0.2, 0.25) is 0 Å². The van der Waals surface area contributed by atoms with Crippen molar-refractivity contribution in [3.63, 3.8) is 0 Å². The van der Waals surface area contributed by atoms with Gasteiger partial charge in [0.2, 0.25) is 5.95 Å². The highest BCUT2D eigenvalue weighted by Crippen LogP contribution is 2.19. The van der Waals surface area contributed by atoms with E-state index < -0.39 is 0 Å². The normalized spacial score (nSPS) is 10.2. The highest BCUT2D eigenvalue weighted by molar-refractivity contribution is 14.1. The minimum Gasteiger partial charge on any atom is -0.314 e. The number of anilines is 2. The van der Waals surface area contributed by atoms with Crippen molar-refractivity contribution in [3.05, 3.63) is 46.0 Å². The van der Waals surface area contributed by atoms with Crippen molar-refractivity contribution in [2.24, 2.45) is 0 Å². The zero-order valence-electron chi connectivity index (χ0n) is 8.56. The van der Waals surface area contributed by atoms with Crippen LogP contribution in [0.3, 0.4) is 0 Å². The summed E-state index contributed by atoms with van der Waals surface area (Å²) in [6.45, 7) is 0. The number of aromatic nitrogens is 2. The third-order valence-corrected chi connectivity index (χ3v) is 2.68. The Labute approximate surface area is 106 Å². The smallest absolute Gasteiger partial charge is 0.229 e. The number of hydrogen-bond donors (Lipinski definition) is 0. The molecule has 0 bridgehead atoms. The van der Waals surface area contributed by atoms with Gasteiger partial charge in [0.05, 0.1) is 0 Å². The number of hydrogen-bond acceptors (Lipinski definition) is 3. The molecular weight excluding hydrogens is 320 g/mol. The van der Waals surface area contributed by atoms with E-state index in [2.05, 4.69) is 32.6 Å². The second kappa shape index (κ2) is 4.73. The molecule has 0 fully saturated rings. The van der Waals surface area contributed by atoms with E-state index >= 15 is 0 Å². The maximum atomic E-state index is 12.8. The van der Waals surface area contributed by atoms with E-state index in [1.807, 2.05) is 7.05 Å². The average molecular weight is 329 g/mol. The number of nitrogens with zero attached hydrogens (tertiary/aromatic N) is 3. The molecule has 0 saturated heterocycles. The third kappa shape index (κ3) is 2.46. The number of halogens is 2. The Morgan fingerprint density at radius 3 is 2.25 bits per heavy atom. The predicted octanol–water partition coefficient (Wildman–Crippen LogP) is 2.99. The van der Waals surface area contributed by atoms with Gasteiger partial charge in [-0.15, -0.1) is 0 Å². The molecule has 0 aliphatic rings. The molecular formula is C11H9FIN3. The van der Waals surface area contributed by atoms with Crippen LogP contribution in [-0.4, -0.2) is 17.0 Å². The summed E-state index contributed by atoms with van der Waals surface area (Å²) in [5.74, 6) is 0.340. The van der Waals surface area contributed by atoms with E-state index in [1.165, 1.54) is 12.1 Å². The van der Waals surface area contributed by atoms with Crippen molar-refractivity contribution in [1.29, 1.82) is 0 Å². The minimum atomic E-state index is -0.249. The summed E-state index contributed by atoms with van der Waals surface area (Å²) in [5, 5.41) is 0. The molecule has 0 amide bonds. The first-order valence-electron chi connectivity index (χ1n) is 4.63. The maximum Gasteiger partial charge on any atom is 0.229 e. The Balaban J connectivity index is 2.28. The highest BCUT2D eigenvalue weighted by atomic mass is 127. The summed E-state index contributed by atoms with van der Waals surface area (Å²) in [5.41, 5.74) is 0.850. The number of rotatable bonds is 2. The van der Waals surface area contributed by atoms with Crippen molar-refractivity contribution in [1.82, 2.24) is 9.97 Å². The van der Waals surface area contributed by atoms with E-state index in [0.717, 1.165) is 9.26 Å². The maximum absolute atomic E-state index is 12.8. The number of benzene rings is 1. The Kier molecular flexibility index (Phi) is 3.33. The Morgan fingerprint density at radius 2 is 1.69 bits per heavy atom. The lowest BCUT2D eigenvalue weighted by atomic mass is 10.3. The van der Waals surface area contributed by atoms with E-state index in [9.17, 15) is 4.39 Å². The highest BCUT2D eigenvalue weighted by Gasteiger charge is 2.06. The van der Waals surface area contributed by atoms with Crippen molar-refractivity contribution in [3.8, 4) is 0 Å².